The molecule has 0 aliphatic rings. The van der Waals surface area contributed by atoms with Gasteiger partial charge in [0.25, 0.3) is 5.89 Å². The molecule has 5 nitrogen and oxygen atoms in total. The minimum atomic E-state index is 0.0116. The Morgan fingerprint density at radius 1 is 1.64 bits per heavy atom. The lowest BCUT2D eigenvalue weighted by Crippen LogP contribution is -1.81. The number of aldehydes is 1. The maximum atomic E-state index is 10.2. The smallest absolute Gasteiger partial charge is 0.261 e. The van der Waals surface area contributed by atoms with Crippen LogP contribution in [0.4, 0.5) is 5.88 Å². The highest BCUT2D eigenvalue weighted by Crippen LogP contribution is 2.22. The number of anilines is 1. The first kappa shape index (κ1) is 5.96. The summed E-state index contributed by atoms with van der Waals surface area (Å²) in [6, 6.07) is 0. The Kier molecular flexibility index (Phi) is 1.00. The lowest BCUT2D eigenvalue weighted by atomic mass is 10.5. The fraction of sp³-hybridized carbons (Fsp3) is 0. The van der Waals surface area contributed by atoms with Gasteiger partial charge in [-0.15, -0.1) is 0 Å². The van der Waals surface area contributed by atoms with Gasteiger partial charge in [0.15, 0.2) is 11.1 Å². The van der Waals surface area contributed by atoms with Crippen LogP contribution >= 0.6 is 0 Å². The minimum Gasteiger partial charge on any atom is -0.443 e. The van der Waals surface area contributed by atoms with E-state index in [2.05, 4.69) is 4.98 Å². The van der Waals surface area contributed by atoms with Crippen molar-refractivity contribution in [3.05, 3.63) is 12.2 Å². The van der Waals surface area contributed by atoms with Gasteiger partial charge in [-0.2, -0.15) is 0 Å². The van der Waals surface area contributed by atoms with Gasteiger partial charge in [0.05, 0.1) is 0 Å². The highest BCUT2D eigenvalue weighted by molar-refractivity contribution is 5.85. The van der Waals surface area contributed by atoms with Crippen molar-refractivity contribution in [1.29, 1.82) is 0 Å². The molecule has 0 aromatic carbocycles. The van der Waals surface area contributed by atoms with E-state index < -0.39 is 0 Å². The first-order valence-corrected chi connectivity index (χ1v) is 2.90. The van der Waals surface area contributed by atoms with Crippen LogP contribution in [-0.4, -0.2) is 11.3 Å². The number of carbonyl (C=O) groups is 1. The largest absolute Gasteiger partial charge is 0.443 e. The Morgan fingerprint density at radius 2 is 2.45 bits per heavy atom. The molecular formula is C6H4N2O3. The lowest BCUT2D eigenvalue weighted by Gasteiger charge is -1.76. The van der Waals surface area contributed by atoms with Crippen molar-refractivity contribution in [2.24, 2.45) is 0 Å². The van der Waals surface area contributed by atoms with Crippen LogP contribution in [0.1, 0.15) is 10.7 Å². The summed E-state index contributed by atoms with van der Waals surface area (Å²) < 4.78 is 9.65. The average molecular weight is 152 g/mol. The molecule has 0 radical (unpaired) electrons. The minimum absolute atomic E-state index is 0.0116. The van der Waals surface area contributed by atoms with Gasteiger partial charge in [0, 0.05) is 0 Å². The maximum Gasteiger partial charge on any atom is 0.261 e. The van der Waals surface area contributed by atoms with E-state index in [0.29, 0.717) is 17.4 Å². The molecule has 2 aromatic rings. The van der Waals surface area contributed by atoms with E-state index in [1.165, 1.54) is 6.26 Å². The van der Waals surface area contributed by atoms with E-state index >= 15 is 0 Å². The lowest BCUT2D eigenvalue weighted by molar-refractivity contribution is 0.109. The zero-order valence-corrected chi connectivity index (χ0v) is 5.40. The van der Waals surface area contributed by atoms with Crippen LogP contribution in [0.15, 0.2) is 15.1 Å². The standard InChI is InChI=1S/C6H4N2O3/c7-6-5-3(2-10-6)11-4(1-9)8-5/h1-2H,7H2. The Bertz CT molecular complexity index is 401. The number of nitrogens with zero attached hydrogens (tertiary/aromatic N) is 1. The predicted molar refractivity (Wildman–Crippen MR) is 36.1 cm³/mol. The van der Waals surface area contributed by atoms with E-state index in [1.54, 1.807) is 0 Å². The molecule has 0 aliphatic carbocycles. The molecular weight excluding hydrogens is 148 g/mol. The molecule has 0 saturated carbocycles. The SMILES string of the molecule is Nc1occ2oc(C=O)nc12. The molecule has 2 N–H and O–H groups in total. The maximum absolute atomic E-state index is 10.2. The molecule has 0 aliphatic heterocycles. The number of aromatic nitrogens is 1. The van der Waals surface area contributed by atoms with Gasteiger partial charge < -0.3 is 14.6 Å². The molecule has 2 heterocycles. The highest BCUT2D eigenvalue weighted by atomic mass is 16.4. The number of fused-ring (bicyclic) bond motifs is 1. The number of nitrogens with two attached hydrogens (primary N) is 1. The second-order valence-electron chi connectivity index (χ2n) is 1.98. The van der Waals surface area contributed by atoms with Crippen molar-refractivity contribution in [2.45, 2.75) is 0 Å². The third-order valence-corrected chi connectivity index (χ3v) is 1.30. The number of furan rings is 1. The summed E-state index contributed by atoms with van der Waals surface area (Å²) in [5.41, 5.74) is 6.13. The number of hydrogen-bond acceptors (Lipinski definition) is 5. The fourth-order valence-corrected chi connectivity index (χ4v) is 0.829. The van der Waals surface area contributed by atoms with Crippen molar-refractivity contribution >= 4 is 23.3 Å². The number of carbonyl (C=O) groups excluding carboxylic acids is 1. The molecule has 11 heavy (non-hydrogen) atoms. The normalized spacial score (nSPS) is 10.5. The summed E-state index contributed by atoms with van der Waals surface area (Å²) in [6.45, 7) is 0. The van der Waals surface area contributed by atoms with Crippen molar-refractivity contribution in [1.82, 2.24) is 4.98 Å². The molecule has 0 atom stereocenters. The van der Waals surface area contributed by atoms with Crippen molar-refractivity contribution in [3.8, 4) is 0 Å². The van der Waals surface area contributed by atoms with Gasteiger partial charge in [-0.3, -0.25) is 4.79 Å². The Balaban J connectivity index is 2.79. The number of hydrogen-bond donors (Lipinski definition) is 1. The van der Waals surface area contributed by atoms with E-state index in [0.717, 1.165) is 0 Å². The van der Waals surface area contributed by atoms with E-state index in [9.17, 15) is 4.79 Å². The van der Waals surface area contributed by atoms with Crippen molar-refractivity contribution in [2.75, 3.05) is 5.73 Å². The van der Waals surface area contributed by atoms with Crippen LogP contribution in [0.5, 0.6) is 0 Å². The molecule has 0 fully saturated rings. The number of rotatable bonds is 1. The number of nitrogen functional groups attached to an aromatic ring is 1. The van der Waals surface area contributed by atoms with Crippen LogP contribution < -0.4 is 5.73 Å². The summed E-state index contributed by atoms with van der Waals surface area (Å²) in [7, 11) is 0. The molecule has 0 unspecified atom stereocenters. The van der Waals surface area contributed by atoms with E-state index in [1.807, 2.05) is 0 Å². The monoisotopic (exact) mass is 152 g/mol. The first-order chi connectivity index (χ1) is 5.31. The average Bonchev–Trinajstić information content (AvgIpc) is 2.53. The van der Waals surface area contributed by atoms with Crippen LogP contribution in [0.2, 0.25) is 0 Å². The molecule has 5 heteroatoms. The van der Waals surface area contributed by atoms with Gasteiger partial charge in [-0.05, 0) is 0 Å². The van der Waals surface area contributed by atoms with Crippen LogP contribution in [-0.2, 0) is 0 Å². The summed E-state index contributed by atoms with van der Waals surface area (Å²) in [4.78, 5) is 13.9. The van der Waals surface area contributed by atoms with Gasteiger partial charge in [0.1, 0.15) is 6.26 Å². The quantitative estimate of drug-likeness (QED) is 0.611. The van der Waals surface area contributed by atoms with Gasteiger partial charge >= 0.3 is 0 Å². The Hall–Kier alpha value is -1.78. The van der Waals surface area contributed by atoms with Crippen molar-refractivity contribution < 1.29 is 13.6 Å². The summed E-state index contributed by atoms with van der Waals surface area (Å²) in [5.74, 6) is 0.175. The van der Waals surface area contributed by atoms with Crippen LogP contribution in [0.25, 0.3) is 11.1 Å². The van der Waals surface area contributed by atoms with Gasteiger partial charge in [-0.1, -0.05) is 0 Å². The first-order valence-electron chi connectivity index (χ1n) is 2.90. The second kappa shape index (κ2) is 1.85. The summed E-state index contributed by atoms with van der Waals surface area (Å²) in [5, 5.41) is 0. The summed E-state index contributed by atoms with van der Waals surface area (Å²) in [6.07, 6.45) is 1.82. The fourth-order valence-electron chi connectivity index (χ4n) is 0.829. The molecule has 56 valence electrons. The summed E-state index contributed by atoms with van der Waals surface area (Å²) >= 11 is 0. The Labute approximate surface area is 60.8 Å². The third-order valence-electron chi connectivity index (χ3n) is 1.30. The van der Waals surface area contributed by atoms with E-state index in [-0.39, 0.29) is 11.8 Å². The van der Waals surface area contributed by atoms with E-state index in [4.69, 9.17) is 14.6 Å². The predicted octanol–water partition coefficient (Wildman–Crippen LogP) is 0.816. The second-order valence-corrected chi connectivity index (χ2v) is 1.98. The number of oxazole rings is 1. The molecule has 0 spiro atoms. The molecule has 2 aromatic heterocycles. The molecule has 2 rings (SSSR count). The van der Waals surface area contributed by atoms with Gasteiger partial charge in [0.2, 0.25) is 12.2 Å². The molecule has 0 bridgehead atoms. The molecule has 0 amide bonds. The molecule has 0 saturated heterocycles. The highest BCUT2D eigenvalue weighted by Gasteiger charge is 2.10. The zero-order valence-electron chi connectivity index (χ0n) is 5.40. The van der Waals surface area contributed by atoms with Crippen LogP contribution in [0.3, 0.4) is 0 Å². The van der Waals surface area contributed by atoms with Crippen LogP contribution in [0, 0.1) is 0 Å². The third kappa shape index (κ3) is 0.706. The topological polar surface area (TPSA) is 82.3 Å². The van der Waals surface area contributed by atoms with Gasteiger partial charge in [-0.25, -0.2) is 4.98 Å². The zero-order chi connectivity index (χ0) is 7.84. The Morgan fingerprint density at radius 3 is 3.09 bits per heavy atom. The van der Waals surface area contributed by atoms with Crippen molar-refractivity contribution in [3.63, 3.8) is 0 Å².